The van der Waals surface area contributed by atoms with Crippen molar-refractivity contribution in [2.24, 2.45) is 0 Å². The lowest BCUT2D eigenvalue weighted by molar-refractivity contribution is 0.670. The van der Waals surface area contributed by atoms with Crippen LogP contribution in [0.5, 0.6) is 0 Å². The average molecular weight is 652 g/mol. The fourth-order valence-electron chi connectivity index (χ4n) is 7.15. The fraction of sp³-hybridized carbons (Fsp3) is 0. The normalized spacial score (nSPS) is 11.5. The third-order valence-electron chi connectivity index (χ3n) is 9.68. The van der Waals surface area contributed by atoms with E-state index in [9.17, 15) is 0 Å². The molecule has 0 saturated heterocycles. The second kappa shape index (κ2) is 11.9. The quantitative estimate of drug-likeness (QED) is 0.186. The minimum Gasteiger partial charge on any atom is -0.455 e. The van der Waals surface area contributed by atoms with Crippen molar-refractivity contribution in [3.05, 3.63) is 176 Å². The Bertz CT molecular complexity index is 2900. The van der Waals surface area contributed by atoms with Crippen LogP contribution in [0.15, 0.2) is 180 Å². The first-order valence-electron chi connectivity index (χ1n) is 17.1. The molecular weight excluding hydrogens is 623 g/mol. The van der Waals surface area contributed by atoms with Crippen LogP contribution in [0, 0.1) is 0 Å². The number of nitrogens with zero attached hydrogens (tertiary/aromatic N) is 3. The van der Waals surface area contributed by atoms with E-state index in [-0.39, 0.29) is 0 Å². The molecule has 0 fully saturated rings. The van der Waals surface area contributed by atoms with Crippen molar-refractivity contribution >= 4 is 43.5 Å². The molecule has 51 heavy (non-hydrogen) atoms. The smallest absolute Gasteiger partial charge is 0.164 e. The first kappa shape index (κ1) is 29.0. The maximum absolute atomic E-state index is 6.65. The number of rotatable bonds is 5. The van der Waals surface area contributed by atoms with Crippen LogP contribution in [-0.4, -0.2) is 15.0 Å². The average Bonchev–Trinajstić information content (AvgIpc) is 3.57. The van der Waals surface area contributed by atoms with Gasteiger partial charge < -0.3 is 4.42 Å². The van der Waals surface area contributed by atoms with Gasteiger partial charge in [0.15, 0.2) is 17.5 Å². The molecule has 0 spiro atoms. The van der Waals surface area contributed by atoms with Gasteiger partial charge in [0.05, 0.1) is 0 Å². The van der Waals surface area contributed by atoms with Crippen LogP contribution in [0.1, 0.15) is 0 Å². The Labute approximate surface area is 294 Å². The van der Waals surface area contributed by atoms with Crippen LogP contribution in [0.25, 0.3) is 99.9 Å². The highest BCUT2D eigenvalue weighted by molar-refractivity contribution is 6.18. The van der Waals surface area contributed by atoms with E-state index in [1.807, 2.05) is 54.6 Å². The van der Waals surface area contributed by atoms with Gasteiger partial charge in [-0.3, -0.25) is 0 Å². The van der Waals surface area contributed by atoms with Crippen molar-refractivity contribution in [1.29, 1.82) is 0 Å². The summed E-state index contributed by atoms with van der Waals surface area (Å²) in [4.78, 5) is 15.2. The lowest BCUT2D eigenvalue weighted by atomic mass is 9.95. The molecule has 0 radical (unpaired) electrons. The second-order valence-corrected chi connectivity index (χ2v) is 12.8. The molecule has 238 valence electrons. The molecule has 2 aromatic heterocycles. The molecule has 0 aliphatic carbocycles. The van der Waals surface area contributed by atoms with Gasteiger partial charge in [0.2, 0.25) is 0 Å². The molecule has 10 aromatic rings. The summed E-state index contributed by atoms with van der Waals surface area (Å²) in [5, 5.41) is 6.70. The predicted octanol–water partition coefficient (Wildman–Crippen LogP) is 12.4. The summed E-state index contributed by atoms with van der Waals surface area (Å²) in [6, 6.07) is 61.0. The van der Waals surface area contributed by atoms with E-state index >= 15 is 0 Å². The maximum Gasteiger partial charge on any atom is 0.164 e. The van der Waals surface area contributed by atoms with Gasteiger partial charge in [-0.05, 0) is 74.6 Å². The Morgan fingerprint density at radius 3 is 1.59 bits per heavy atom. The maximum atomic E-state index is 6.65. The highest BCUT2D eigenvalue weighted by Gasteiger charge is 2.19. The Morgan fingerprint density at radius 1 is 0.314 bits per heavy atom. The molecule has 8 aromatic carbocycles. The molecular formula is C47H29N3O. The van der Waals surface area contributed by atoms with Crippen LogP contribution in [0.4, 0.5) is 0 Å². The number of furan rings is 1. The Kier molecular flexibility index (Phi) is 6.78. The highest BCUT2D eigenvalue weighted by Crippen LogP contribution is 2.42. The molecule has 4 nitrogen and oxygen atoms in total. The highest BCUT2D eigenvalue weighted by atomic mass is 16.3. The second-order valence-electron chi connectivity index (χ2n) is 12.8. The zero-order valence-electron chi connectivity index (χ0n) is 27.5. The summed E-state index contributed by atoms with van der Waals surface area (Å²) in [6.45, 7) is 0. The standard InChI is InChI=1S/C47H29N3O/c1-4-12-30(13-5-1)34-22-20-31-21-23-36(27-38(31)26-34)46-48-45(33-16-8-3-9-17-33)49-47(50-46)37-24-25-42-40(29-37)41-28-35-18-10-11-19-39(35)43(44(41)51-42)32-14-6-2-7-15-32/h1-29H. The van der Waals surface area contributed by atoms with Gasteiger partial charge in [0.25, 0.3) is 0 Å². The monoisotopic (exact) mass is 651 g/mol. The van der Waals surface area contributed by atoms with Crippen molar-refractivity contribution in [2.45, 2.75) is 0 Å². The topological polar surface area (TPSA) is 51.8 Å². The van der Waals surface area contributed by atoms with Gasteiger partial charge in [-0.15, -0.1) is 0 Å². The van der Waals surface area contributed by atoms with Gasteiger partial charge in [-0.2, -0.15) is 0 Å². The molecule has 0 saturated carbocycles. The van der Waals surface area contributed by atoms with E-state index in [0.717, 1.165) is 71.3 Å². The van der Waals surface area contributed by atoms with Crippen LogP contribution in [0.3, 0.4) is 0 Å². The van der Waals surface area contributed by atoms with Crippen molar-refractivity contribution in [2.75, 3.05) is 0 Å². The molecule has 4 heteroatoms. The molecule has 10 rings (SSSR count). The van der Waals surface area contributed by atoms with E-state index < -0.39 is 0 Å². The van der Waals surface area contributed by atoms with Gasteiger partial charge in [0.1, 0.15) is 11.2 Å². The Balaban J connectivity index is 1.16. The van der Waals surface area contributed by atoms with E-state index in [1.165, 1.54) is 11.1 Å². The molecule has 0 unspecified atom stereocenters. The summed E-state index contributed by atoms with van der Waals surface area (Å²) < 4.78 is 6.65. The van der Waals surface area contributed by atoms with Crippen molar-refractivity contribution in [3.8, 4) is 56.4 Å². The number of hydrogen-bond acceptors (Lipinski definition) is 4. The minimum atomic E-state index is 0.609. The fourth-order valence-corrected chi connectivity index (χ4v) is 7.15. The Hall–Kier alpha value is -6.91. The van der Waals surface area contributed by atoms with Crippen molar-refractivity contribution < 1.29 is 4.42 Å². The largest absolute Gasteiger partial charge is 0.455 e. The number of hydrogen-bond donors (Lipinski definition) is 0. The zero-order chi connectivity index (χ0) is 33.7. The SMILES string of the molecule is c1ccc(-c2ccc3ccc(-c4nc(-c5ccccc5)nc(-c5ccc6oc7c(-c8ccccc8)c8ccccc8cc7c6c5)n4)cc3c2)cc1. The molecule has 0 aliphatic rings. The molecule has 0 atom stereocenters. The van der Waals surface area contributed by atoms with Crippen LogP contribution in [0.2, 0.25) is 0 Å². The number of aromatic nitrogens is 3. The first-order valence-corrected chi connectivity index (χ1v) is 17.1. The van der Waals surface area contributed by atoms with E-state index in [0.29, 0.717) is 17.5 Å². The lowest BCUT2D eigenvalue weighted by Gasteiger charge is -2.10. The van der Waals surface area contributed by atoms with E-state index in [2.05, 4.69) is 121 Å². The summed E-state index contributed by atoms with van der Waals surface area (Å²) in [5.41, 5.74) is 9.04. The van der Waals surface area contributed by atoms with Gasteiger partial charge in [-0.25, -0.2) is 15.0 Å². The summed E-state index contributed by atoms with van der Waals surface area (Å²) in [7, 11) is 0. The molecule has 2 heterocycles. The van der Waals surface area contributed by atoms with Gasteiger partial charge in [-0.1, -0.05) is 140 Å². The van der Waals surface area contributed by atoms with Crippen LogP contribution < -0.4 is 0 Å². The minimum absolute atomic E-state index is 0.609. The summed E-state index contributed by atoms with van der Waals surface area (Å²) in [5.74, 6) is 1.86. The van der Waals surface area contributed by atoms with Gasteiger partial charge in [0, 0.05) is 33.0 Å². The molecule has 0 amide bonds. The molecule has 0 N–H and O–H groups in total. The van der Waals surface area contributed by atoms with E-state index in [4.69, 9.17) is 19.4 Å². The molecule has 0 bridgehead atoms. The zero-order valence-corrected chi connectivity index (χ0v) is 27.5. The van der Waals surface area contributed by atoms with Gasteiger partial charge >= 0.3 is 0 Å². The number of fused-ring (bicyclic) bond motifs is 5. The van der Waals surface area contributed by atoms with Crippen LogP contribution in [-0.2, 0) is 0 Å². The first-order chi connectivity index (χ1) is 25.2. The summed E-state index contributed by atoms with van der Waals surface area (Å²) >= 11 is 0. The van der Waals surface area contributed by atoms with Crippen molar-refractivity contribution in [3.63, 3.8) is 0 Å². The third kappa shape index (κ3) is 5.13. The third-order valence-corrected chi connectivity index (χ3v) is 9.68. The molecule has 0 aliphatic heterocycles. The lowest BCUT2D eigenvalue weighted by Crippen LogP contribution is -2.00. The predicted molar refractivity (Wildman–Crippen MR) is 209 cm³/mol. The Morgan fingerprint density at radius 2 is 0.863 bits per heavy atom. The van der Waals surface area contributed by atoms with Crippen LogP contribution >= 0.6 is 0 Å². The van der Waals surface area contributed by atoms with Crippen molar-refractivity contribution in [1.82, 2.24) is 15.0 Å². The number of benzene rings is 8. The summed E-state index contributed by atoms with van der Waals surface area (Å²) in [6.07, 6.45) is 0. The van der Waals surface area contributed by atoms with E-state index in [1.54, 1.807) is 0 Å².